The third-order valence-corrected chi connectivity index (χ3v) is 5.70. The molecule has 1 aliphatic rings. The fourth-order valence-corrected chi connectivity index (χ4v) is 3.86. The van der Waals surface area contributed by atoms with Crippen molar-refractivity contribution in [1.29, 1.82) is 10.8 Å². The minimum Gasteiger partial charge on any atom is -0.321 e. The van der Waals surface area contributed by atoms with E-state index in [4.69, 9.17) is 10.8 Å². The zero-order valence-electron chi connectivity index (χ0n) is 17.8. The van der Waals surface area contributed by atoms with E-state index in [0.717, 1.165) is 34.7 Å². The van der Waals surface area contributed by atoms with Gasteiger partial charge in [0.1, 0.15) is 11.5 Å². The number of nitrogens with one attached hydrogen (secondary N) is 3. The van der Waals surface area contributed by atoms with Crippen LogP contribution >= 0.6 is 0 Å². The Bertz CT molecular complexity index is 1380. The topological polar surface area (TPSA) is 106 Å². The zero-order valence-corrected chi connectivity index (χ0v) is 17.8. The van der Waals surface area contributed by atoms with Crippen molar-refractivity contribution in [3.63, 3.8) is 0 Å². The molecule has 1 fully saturated rings. The molecule has 0 aliphatic heterocycles. The van der Waals surface area contributed by atoms with Gasteiger partial charge in [-0.15, -0.1) is 0 Å². The molecule has 5 rings (SSSR count). The van der Waals surface area contributed by atoms with E-state index in [1.165, 1.54) is 6.34 Å². The SMILES string of the molecule is N=CN(C(=N)c1cccc(NC(=O)c2cc(-c3cncc4ccccc34)ccn2)c1)C1CC1.[HH]. The van der Waals surface area contributed by atoms with Crippen LogP contribution in [0.1, 0.15) is 30.3 Å². The number of aromatic nitrogens is 2. The molecule has 0 radical (unpaired) electrons. The van der Waals surface area contributed by atoms with Crippen LogP contribution in [0.3, 0.4) is 0 Å². The van der Waals surface area contributed by atoms with Gasteiger partial charge in [0.15, 0.2) is 0 Å². The molecule has 1 aliphatic carbocycles. The lowest BCUT2D eigenvalue weighted by molar-refractivity contribution is 0.102. The molecule has 0 unspecified atom stereocenters. The number of rotatable bonds is 6. The molecule has 2 heterocycles. The Hall–Kier alpha value is -4.39. The third kappa shape index (κ3) is 4.21. The monoisotopic (exact) mass is 436 g/mol. The molecule has 0 atom stereocenters. The lowest BCUT2D eigenvalue weighted by Gasteiger charge is -2.19. The van der Waals surface area contributed by atoms with Crippen molar-refractivity contribution in [1.82, 2.24) is 14.9 Å². The lowest BCUT2D eigenvalue weighted by Crippen LogP contribution is -2.31. The van der Waals surface area contributed by atoms with E-state index < -0.39 is 0 Å². The number of hydrogen-bond donors (Lipinski definition) is 3. The predicted octanol–water partition coefficient (Wildman–Crippen LogP) is 5.19. The molecule has 2 aromatic carbocycles. The molecule has 1 saturated carbocycles. The lowest BCUT2D eigenvalue weighted by atomic mass is 10.0. The molecule has 0 bridgehead atoms. The summed E-state index contributed by atoms with van der Waals surface area (Å²) in [5, 5.41) is 21.0. The summed E-state index contributed by atoms with van der Waals surface area (Å²) in [5.41, 5.74) is 3.31. The van der Waals surface area contributed by atoms with Crippen molar-refractivity contribution in [2.24, 2.45) is 0 Å². The van der Waals surface area contributed by atoms with Crippen LogP contribution in [0.25, 0.3) is 21.9 Å². The Morgan fingerprint density at radius 2 is 1.94 bits per heavy atom. The first-order chi connectivity index (χ1) is 16.1. The van der Waals surface area contributed by atoms with Crippen molar-refractivity contribution < 1.29 is 6.22 Å². The van der Waals surface area contributed by atoms with Crippen molar-refractivity contribution >= 4 is 34.5 Å². The highest BCUT2D eigenvalue weighted by Crippen LogP contribution is 2.29. The van der Waals surface area contributed by atoms with Gasteiger partial charge in [0, 0.05) is 48.3 Å². The fraction of sp³-hybridized carbons (Fsp3) is 0.115. The summed E-state index contributed by atoms with van der Waals surface area (Å²) in [4.78, 5) is 23.2. The number of fused-ring (bicyclic) bond motifs is 1. The minimum absolute atomic E-state index is 0. The molecule has 1 amide bonds. The second-order valence-electron chi connectivity index (χ2n) is 7.99. The molecular weight excluding hydrogens is 412 g/mol. The van der Waals surface area contributed by atoms with Crippen molar-refractivity contribution in [3.8, 4) is 11.1 Å². The van der Waals surface area contributed by atoms with Crippen LogP contribution in [0.5, 0.6) is 0 Å². The smallest absolute Gasteiger partial charge is 0.274 e. The second kappa shape index (κ2) is 8.63. The van der Waals surface area contributed by atoms with Crippen LogP contribution in [0.4, 0.5) is 5.69 Å². The number of benzene rings is 2. The van der Waals surface area contributed by atoms with Gasteiger partial charge in [-0.2, -0.15) is 0 Å². The Morgan fingerprint density at radius 3 is 2.76 bits per heavy atom. The summed E-state index contributed by atoms with van der Waals surface area (Å²) in [6.07, 6.45) is 8.41. The first kappa shape index (κ1) is 20.5. The number of carbonyl (C=O) groups excluding carboxylic acids is 1. The summed E-state index contributed by atoms with van der Waals surface area (Å²) >= 11 is 0. The largest absolute Gasteiger partial charge is 0.321 e. The summed E-state index contributed by atoms with van der Waals surface area (Å²) < 4.78 is 0. The van der Waals surface area contributed by atoms with E-state index in [-0.39, 0.29) is 19.2 Å². The Labute approximate surface area is 192 Å². The molecule has 7 nitrogen and oxygen atoms in total. The van der Waals surface area contributed by atoms with E-state index in [9.17, 15) is 4.79 Å². The van der Waals surface area contributed by atoms with Gasteiger partial charge in [-0.25, -0.2) is 0 Å². The first-order valence-corrected chi connectivity index (χ1v) is 10.7. The summed E-state index contributed by atoms with van der Waals surface area (Å²) in [6.45, 7) is 0. The standard InChI is InChI=1S/C26H22N6O.H2/c27-16-32(21-8-9-21)25(28)18-5-3-6-20(12-18)31-26(33)24-13-17(10-11-30-24)23-15-29-14-19-4-1-2-7-22(19)23;/h1-7,10-16,21,27-28H,8-9H2,(H,31,33);1H. The molecule has 3 N–H and O–H groups in total. The number of amidine groups is 1. The van der Waals surface area contributed by atoms with Crippen LogP contribution in [0, 0.1) is 10.8 Å². The van der Waals surface area contributed by atoms with Crippen molar-refractivity contribution in [2.75, 3.05) is 5.32 Å². The molecule has 7 heteroatoms. The quantitative estimate of drug-likeness (QED) is 0.286. The van der Waals surface area contributed by atoms with Gasteiger partial charge in [0.25, 0.3) is 5.91 Å². The molecule has 0 saturated heterocycles. The van der Waals surface area contributed by atoms with E-state index in [2.05, 4.69) is 15.3 Å². The highest BCUT2D eigenvalue weighted by atomic mass is 16.1. The van der Waals surface area contributed by atoms with Crippen LogP contribution < -0.4 is 5.32 Å². The van der Waals surface area contributed by atoms with Gasteiger partial charge in [0.05, 0.1) is 6.34 Å². The Kier molecular flexibility index (Phi) is 5.36. The molecule has 164 valence electrons. The molecular formula is C26H24N6O. The normalized spacial score (nSPS) is 12.8. The van der Waals surface area contributed by atoms with Crippen molar-refractivity contribution in [2.45, 2.75) is 18.9 Å². The number of hydrogen-bond acceptors (Lipinski definition) is 5. The van der Waals surface area contributed by atoms with Gasteiger partial charge in [0.2, 0.25) is 0 Å². The van der Waals surface area contributed by atoms with Gasteiger partial charge >= 0.3 is 0 Å². The van der Waals surface area contributed by atoms with Crippen LogP contribution in [-0.4, -0.2) is 39.0 Å². The van der Waals surface area contributed by atoms with Crippen LogP contribution in [0.15, 0.2) is 79.3 Å². The minimum atomic E-state index is -0.333. The highest BCUT2D eigenvalue weighted by Gasteiger charge is 2.30. The highest BCUT2D eigenvalue weighted by molar-refractivity contribution is 6.06. The number of carbonyl (C=O) groups is 1. The number of anilines is 1. The number of amides is 1. The molecule has 33 heavy (non-hydrogen) atoms. The van der Waals surface area contributed by atoms with Gasteiger partial charge < -0.3 is 10.2 Å². The first-order valence-electron chi connectivity index (χ1n) is 10.7. The average molecular weight is 437 g/mol. The summed E-state index contributed by atoms with van der Waals surface area (Å²) in [5.74, 6) is -0.0768. The molecule has 4 aromatic rings. The van der Waals surface area contributed by atoms with Crippen LogP contribution in [-0.2, 0) is 0 Å². The van der Waals surface area contributed by atoms with Gasteiger partial charge in [-0.3, -0.25) is 25.6 Å². The van der Waals surface area contributed by atoms with Crippen LogP contribution in [0.2, 0.25) is 0 Å². The Balaban J connectivity index is 0.00000274. The summed E-state index contributed by atoms with van der Waals surface area (Å²) in [6, 6.07) is 19.0. The molecule has 0 spiro atoms. The second-order valence-corrected chi connectivity index (χ2v) is 7.99. The maximum absolute atomic E-state index is 13.0. The van der Waals surface area contributed by atoms with E-state index >= 15 is 0 Å². The maximum atomic E-state index is 13.0. The van der Waals surface area contributed by atoms with Crippen molar-refractivity contribution in [3.05, 3.63) is 90.5 Å². The fourth-order valence-electron chi connectivity index (χ4n) is 3.86. The third-order valence-electron chi connectivity index (χ3n) is 5.70. The molecule has 2 aromatic heterocycles. The van der Waals surface area contributed by atoms with E-state index in [1.807, 2.05) is 42.6 Å². The number of nitrogens with zero attached hydrogens (tertiary/aromatic N) is 3. The Morgan fingerprint density at radius 1 is 1.09 bits per heavy atom. The van der Waals surface area contributed by atoms with E-state index in [1.54, 1.807) is 41.6 Å². The van der Waals surface area contributed by atoms with E-state index in [0.29, 0.717) is 16.9 Å². The number of pyridine rings is 2. The maximum Gasteiger partial charge on any atom is 0.274 e. The predicted molar refractivity (Wildman–Crippen MR) is 132 cm³/mol. The van der Waals surface area contributed by atoms with Gasteiger partial charge in [-0.1, -0.05) is 36.4 Å². The average Bonchev–Trinajstić information content (AvgIpc) is 3.69. The summed E-state index contributed by atoms with van der Waals surface area (Å²) in [7, 11) is 0. The van der Waals surface area contributed by atoms with Gasteiger partial charge in [-0.05, 0) is 48.1 Å². The zero-order chi connectivity index (χ0) is 22.8.